The third kappa shape index (κ3) is 3.97. The molecule has 0 aliphatic carbocycles. The quantitative estimate of drug-likeness (QED) is 0.469. The molecular formula is C22H19ClN2O2S. The largest absolute Gasteiger partial charge is 0.361 e. The minimum atomic E-state index is -3.56. The Kier molecular flexibility index (Phi) is 5.22. The van der Waals surface area contributed by atoms with E-state index in [4.69, 9.17) is 11.6 Å². The van der Waals surface area contributed by atoms with Crippen molar-refractivity contribution in [2.24, 2.45) is 0 Å². The van der Waals surface area contributed by atoms with Gasteiger partial charge in [0.2, 0.25) is 10.0 Å². The molecule has 6 heteroatoms. The van der Waals surface area contributed by atoms with E-state index >= 15 is 0 Å². The molecule has 0 atom stereocenters. The van der Waals surface area contributed by atoms with Gasteiger partial charge in [0.1, 0.15) is 0 Å². The normalized spacial score (nSPS) is 11.8. The summed E-state index contributed by atoms with van der Waals surface area (Å²) in [6, 6.07) is 22.3. The van der Waals surface area contributed by atoms with Gasteiger partial charge in [-0.05, 0) is 53.4 Å². The van der Waals surface area contributed by atoms with Crippen LogP contribution in [0.15, 0.2) is 83.9 Å². The predicted octanol–water partition coefficient (Wildman–Crippen LogP) is 5.01. The second kappa shape index (κ2) is 7.80. The Morgan fingerprint density at radius 1 is 0.893 bits per heavy atom. The van der Waals surface area contributed by atoms with Gasteiger partial charge < -0.3 is 4.98 Å². The minimum Gasteiger partial charge on any atom is -0.361 e. The Morgan fingerprint density at radius 2 is 1.68 bits per heavy atom. The van der Waals surface area contributed by atoms with Gasteiger partial charge in [0.15, 0.2) is 0 Å². The van der Waals surface area contributed by atoms with E-state index in [-0.39, 0.29) is 4.90 Å². The van der Waals surface area contributed by atoms with Crippen LogP contribution in [0.25, 0.3) is 22.0 Å². The van der Waals surface area contributed by atoms with Crippen molar-refractivity contribution in [1.29, 1.82) is 0 Å². The monoisotopic (exact) mass is 410 g/mol. The summed E-state index contributed by atoms with van der Waals surface area (Å²) in [4.78, 5) is 3.45. The Balaban J connectivity index is 1.44. The van der Waals surface area contributed by atoms with Gasteiger partial charge in [0, 0.05) is 28.7 Å². The highest BCUT2D eigenvalue weighted by Crippen LogP contribution is 2.24. The molecule has 0 bridgehead atoms. The topological polar surface area (TPSA) is 62.0 Å². The van der Waals surface area contributed by atoms with Crippen molar-refractivity contribution in [3.05, 3.63) is 89.6 Å². The number of aromatic amines is 1. The molecule has 4 rings (SSSR count). The fraction of sp³-hybridized carbons (Fsp3) is 0.0909. The lowest BCUT2D eigenvalue weighted by molar-refractivity contribution is 0.582. The Morgan fingerprint density at radius 3 is 2.46 bits per heavy atom. The fourth-order valence-electron chi connectivity index (χ4n) is 3.24. The van der Waals surface area contributed by atoms with Crippen LogP contribution in [0.4, 0.5) is 0 Å². The van der Waals surface area contributed by atoms with Crippen LogP contribution in [-0.2, 0) is 16.4 Å². The number of H-pyrrole nitrogens is 1. The summed E-state index contributed by atoms with van der Waals surface area (Å²) < 4.78 is 27.9. The number of aromatic nitrogens is 1. The molecule has 4 nitrogen and oxygen atoms in total. The summed E-state index contributed by atoms with van der Waals surface area (Å²) in [6.45, 7) is 0.334. The zero-order valence-electron chi connectivity index (χ0n) is 15.0. The average molecular weight is 411 g/mol. The van der Waals surface area contributed by atoms with E-state index in [1.165, 1.54) is 0 Å². The molecule has 0 unspecified atom stereocenters. The predicted molar refractivity (Wildman–Crippen MR) is 114 cm³/mol. The minimum absolute atomic E-state index is 0.247. The third-order valence-corrected chi connectivity index (χ3v) is 6.40. The van der Waals surface area contributed by atoms with Crippen LogP contribution in [-0.4, -0.2) is 19.9 Å². The Labute approximate surface area is 169 Å². The molecule has 0 saturated heterocycles. The van der Waals surface area contributed by atoms with Crippen molar-refractivity contribution in [3.63, 3.8) is 0 Å². The van der Waals surface area contributed by atoms with Crippen LogP contribution in [0.1, 0.15) is 5.56 Å². The van der Waals surface area contributed by atoms with Gasteiger partial charge in [-0.15, -0.1) is 0 Å². The molecule has 1 aromatic heterocycles. The second-order valence-corrected chi connectivity index (χ2v) is 8.75. The van der Waals surface area contributed by atoms with Crippen LogP contribution in [0.2, 0.25) is 5.02 Å². The number of nitrogens with one attached hydrogen (secondary N) is 2. The van der Waals surface area contributed by atoms with Gasteiger partial charge in [0.05, 0.1) is 4.90 Å². The van der Waals surface area contributed by atoms with Gasteiger partial charge in [-0.3, -0.25) is 0 Å². The Hall–Kier alpha value is -2.60. The molecule has 0 spiro atoms. The van der Waals surface area contributed by atoms with Crippen molar-refractivity contribution in [2.75, 3.05) is 6.54 Å². The van der Waals surface area contributed by atoms with Crippen molar-refractivity contribution in [3.8, 4) is 11.1 Å². The summed E-state index contributed by atoms with van der Waals surface area (Å²) in [7, 11) is -3.56. The van der Waals surface area contributed by atoms with E-state index < -0.39 is 10.0 Å². The average Bonchev–Trinajstić information content (AvgIpc) is 3.11. The lowest BCUT2D eigenvalue weighted by Crippen LogP contribution is -2.25. The molecule has 28 heavy (non-hydrogen) atoms. The maximum Gasteiger partial charge on any atom is 0.240 e. The lowest BCUT2D eigenvalue weighted by atomic mass is 10.1. The molecule has 1 heterocycles. The van der Waals surface area contributed by atoms with Crippen molar-refractivity contribution in [1.82, 2.24) is 9.71 Å². The number of hydrogen-bond acceptors (Lipinski definition) is 2. The van der Waals surface area contributed by atoms with Crippen molar-refractivity contribution < 1.29 is 8.42 Å². The fourth-order valence-corrected chi connectivity index (χ4v) is 4.46. The highest BCUT2D eigenvalue weighted by molar-refractivity contribution is 7.89. The van der Waals surface area contributed by atoms with E-state index in [0.29, 0.717) is 18.0 Å². The van der Waals surface area contributed by atoms with Crippen LogP contribution >= 0.6 is 11.6 Å². The molecule has 0 aliphatic heterocycles. The first-order chi connectivity index (χ1) is 13.5. The SMILES string of the molecule is O=S(=O)(NCCc1c[nH]c2ccccc12)c1ccc(-c2cccc(Cl)c2)cc1. The summed E-state index contributed by atoms with van der Waals surface area (Å²) in [5.74, 6) is 0. The Bertz CT molecular complexity index is 1210. The number of halogens is 1. The zero-order chi connectivity index (χ0) is 19.6. The lowest BCUT2D eigenvalue weighted by Gasteiger charge is -2.08. The van der Waals surface area contributed by atoms with Gasteiger partial charge in [-0.25, -0.2) is 13.1 Å². The van der Waals surface area contributed by atoms with Gasteiger partial charge in [-0.2, -0.15) is 0 Å². The number of para-hydroxylation sites is 1. The van der Waals surface area contributed by atoms with E-state index in [1.54, 1.807) is 24.3 Å². The summed E-state index contributed by atoms with van der Waals surface area (Å²) in [5, 5.41) is 1.76. The second-order valence-electron chi connectivity index (χ2n) is 6.54. The smallest absolute Gasteiger partial charge is 0.240 e. The van der Waals surface area contributed by atoms with Crippen molar-refractivity contribution >= 4 is 32.5 Å². The molecule has 2 N–H and O–H groups in total. The number of benzene rings is 3. The molecule has 0 saturated carbocycles. The highest BCUT2D eigenvalue weighted by Gasteiger charge is 2.14. The standard InChI is InChI=1S/C22H19ClN2O2S/c23-19-5-3-4-17(14-19)16-8-10-20(11-9-16)28(26,27)25-13-12-18-15-24-22-7-2-1-6-21(18)22/h1-11,14-15,24-25H,12-13H2. The number of fused-ring (bicyclic) bond motifs is 1. The van der Waals surface area contributed by atoms with Gasteiger partial charge in [-0.1, -0.05) is 54.1 Å². The first-order valence-corrected chi connectivity index (χ1v) is 10.8. The molecule has 0 fully saturated rings. The number of rotatable bonds is 6. The van der Waals surface area contributed by atoms with Gasteiger partial charge in [0.25, 0.3) is 0 Å². The molecule has 0 radical (unpaired) electrons. The van der Waals surface area contributed by atoms with E-state index in [2.05, 4.69) is 9.71 Å². The molecule has 3 aromatic carbocycles. The summed E-state index contributed by atoms with van der Waals surface area (Å²) >= 11 is 6.03. The van der Waals surface area contributed by atoms with E-state index in [1.807, 2.05) is 54.7 Å². The number of hydrogen-bond donors (Lipinski definition) is 2. The van der Waals surface area contributed by atoms with Crippen LogP contribution < -0.4 is 4.72 Å². The third-order valence-electron chi connectivity index (χ3n) is 4.68. The van der Waals surface area contributed by atoms with Gasteiger partial charge >= 0.3 is 0 Å². The summed E-state index contributed by atoms with van der Waals surface area (Å²) in [6.07, 6.45) is 2.54. The highest BCUT2D eigenvalue weighted by atomic mass is 35.5. The van der Waals surface area contributed by atoms with Crippen LogP contribution in [0.5, 0.6) is 0 Å². The van der Waals surface area contributed by atoms with Crippen LogP contribution in [0.3, 0.4) is 0 Å². The van der Waals surface area contributed by atoms with E-state index in [9.17, 15) is 8.42 Å². The molecule has 0 amide bonds. The zero-order valence-corrected chi connectivity index (χ0v) is 16.6. The molecule has 0 aliphatic rings. The van der Waals surface area contributed by atoms with Crippen molar-refractivity contribution in [2.45, 2.75) is 11.3 Å². The molecule has 142 valence electrons. The maximum absolute atomic E-state index is 12.6. The number of sulfonamides is 1. The summed E-state index contributed by atoms with van der Waals surface area (Å²) in [5.41, 5.74) is 4.01. The first-order valence-electron chi connectivity index (χ1n) is 8.94. The first kappa shape index (κ1) is 18.7. The maximum atomic E-state index is 12.6. The molecular weight excluding hydrogens is 392 g/mol. The molecule has 4 aromatic rings. The van der Waals surface area contributed by atoms with Crippen LogP contribution in [0, 0.1) is 0 Å². The van der Waals surface area contributed by atoms with E-state index in [0.717, 1.165) is 27.6 Å².